The van der Waals surface area contributed by atoms with E-state index in [0.29, 0.717) is 0 Å². The highest BCUT2D eigenvalue weighted by atomic mass is 19.2. The predicted octanol–water partition coefficient (Wildman–Crippen LogP) is 7.76. The van der Waals surface area contributed by atoms with Crippen LogP contribution in [0.25, 0.3) is 11.1 Å². The van der Waals surface area contributed by atoms with Crippen LogP contribution in [-0.4, -0.2) is 6.61 Å². The van der Waals surface area contributed by atoms with Crippen LogP contribution in [0.3, 0.4) is 0 Å². The van der Waals surface area contributed by atoms with Gasteiger partial charge in [-0.05, 0) is 54.2 Å². The van der Waals surface area contributed by atoms with Gasteiger partial charge in [-0.1, -0.05) is 42.5 Å². The number of hydrogen-bond acceptors (Lipinski definition) is 2. The Balaban J connectivity index is 1.61. The van der Waals surface area contributed by atoms with E-state index in [1.807, 2.05) is 30.3 Å². The van der Waals surface area contributed by atoms with Gasteiger partial charge in [0.15, 0.2) is 35.5 Å². The van der Waals surface area contributed by atoms with E-state index in [2.05, 4.69) is 6.58 Å². The van der Waals surface area contributed by atoms with Crippen LogP contribution in [0.4, 0.5) is 17.6 Å². The first-order valence-electron chi connectivity index (χ1n) is 10.8. The summed E-state index contributed by atoms with van der Waals surface area (Å²) in [7, 11) is 0. The molecule has 0 spiro atoms. The number of alkyl halides is 2. The average molecular weight is 456 g/mol. The summed E-state index contributed by atoms with van der Waals surface area (Å²) < 4.78 is 70.7. The van der Waals surface area contributed by atoms with E-state index in [1.54, 1.807) is 6.92 Å². The van der Waals surface area contributed by atoms with E-state index in [1.165, 1.54) is 24.3 Å². The van der Waals surface area contributed by atoms with Crippen molar-refractivity contribution >= 4 is 0 Å². The smallest absolute Gasteiger partial charge is 0.171 e. The highest BCUT2D eigenvalue weighted by Crippen LogP contribution is 2.52. The number of benzene rings is 3. The minimum atomic E-state index is -2.37. The first-order chi connectivity index (χ1) is 16.0. The van der Waals surface area contributed by atoms with Gasteiger partial charge < -0.3 is 9.47 Å². The Morgan fingerprint density at radius 3 is 1.82 bits per heavy atom. The van der Waals surface area contributed by atoms with Crippen LogP contribution in [-0.2, 0) is 13.0 Å². The highest BCUT2D eigenvalue weighted by Gasteiger charge is 2.40. The van der Waals surface area contributed by atoms with Crippen LogP contribution in [0.5, 0.6) is 11.5 Å². The zero-order valence-electron chi connectivity index (χ0n) is 18.2. The maximum absolute atomic E-state index is 15.2. The number of halogens is 4. The van der Waals surface area contributed by atoms with Crippen molar-refractivity contribution in [2.24, 2.45) is 0 Å². The lowest BCUT2D eigenvalue weighted by molar-refractivity contribution is 0.157. The molecule has 1 aliphatic carbocycles. The van der Waals surface area contributed by atoms with Gasteiger partial charge in [0.2, 0.25) is 0 Å². The molecular weight excluding hydrogens is 432 g/mol. The van der Waals surface area contributed by atoms with Gasteiger partial charge in [-0.3, -0.25) is 0 Å². The molecule has 0 bridgehead atoms. The van der Waals surface area contributed by atoms with Gasteiger partial charge in [-0.2, -0.15) is 0 Å². The van der Waals surface area contributed by atoms with Crippen LogP contribution in [0, 0.1) is 11.6 Å². The Morgan fingerprint density at radius 2 is 1.30 bits per heavy atom. The predicted molar refractivity (Wildman–Crippen MR) is 120 cm³/mol. The van der Waals surface area contributed by atoms with Gasteiger partial charge in [0.1, 0.15) is 6.61 Å². The third kappa shape index (κ3) is 4.34. The molecule has 0 aromatic heterocycles. The molecule has 2 atom stereocenters. The molecule has 0 aliphatic heterocycles. The molecule has 0 heterocycles. The molecule has 1 aliphatic rings. The largest absolute Gasteiger partial charge is 0.491 e. The van der Waals surface area contributed by atoms with Crippen LogP contribution >= 0.6 is 0 Å². The number of ether oxygens (including phenoxy) is 2. The summed E-state index contributed by atoms with van der Waals surface area (Å²) >= 11 is 0. The number of rotatable bonds is 8. The van der Waals surface area contributed by atoms with E-state index < -0.39 is 35.1 Å². The van der Waals surface area contributed by atoms with Crippen LogP contribution in [0.1, 0.15) is 47.9 Å². The summed E-state index contributed by atoms with van der Waals surface area (Å²) in [4.78, 5) is 0. The lowest BCUT2D eigenvalue weighted by Crippen LogP contribution is -2.16. The van der Waals surface area contributed by atoms with E-state index in [4.69, 9.17) is 9.47 Å². The summed E-state index contributed by atoms with van der Waals surface area (Å²) in [5.74, 6) is -2.29. The molecule has 0 radical (unpaired) electrons. The lowest BCUT2D eigenvalue weighted by atomic mass is 9.82. The van der Waals surface area contributed by atoms with E-state index >= 15 is 8.78 Å². The fourth-order valence-corrected chi connectivity index (χ4v) is 4.06. The summed E-state index contributed by atoms with van der Waals surface area (Å²) in [5, 5.41) is 0. The minimum Gasteiger partial charge on any atom is -0.491 e. The molecule has 6 heteroatoms. The second-order valence-electron chi connectivity index (χ2n) is 7.85. The maximum atomic E-state index is 15.2. The van der Waals surface area contributed by atoms with Gasteiger partial charge in [0, 0.05) is 11.1 Å². The summed E-state index contributed by atoms with van der Waals surface area (Å²) in [5.41, 5.74) is 1.25. The summed E-state index contributed by atoms with van der Waals surface area (Å²) in [6.45, 7) is 5.60. The number of aryl methyl sites for hydroxylation is 1. The lowest BCUT2D eigenvalue weighted by Gasteiger charge is -2.28. The van der Waals surface area contributed by atoms with Gasteiger partial charge in [-0.15, -0.1) is 6.58 Å². The van der Waals surface area contributed by atoms with Crippen molar-refractivity contribution in [3.63, 3.8) is 0 Å². The van der Waals surface area contributed by atoms with Crippen LogP contribution in [0.2, 0.25) is 0 Å². The Morgan fingerprint density at radius 1 is 0.788 bits per heavy atom. The molecule has 0 saturated carbocycles. The summed E-state index contributed by atoms with van der Waals surface area (Å²) in [6, 6.07) is 13.2. The monoisotopic (exact) mass is 456 g/mol. The van der Waals surface area contributed by atoms with Crippen LogP contribution < -0.4 is 9.47 Å². The Labute approximate surface area is 190 Å². The number of hydrogen-bond donors (Lipinski definition) is 0. The molecule has 4 rings (SSSR count). The third-order valence-electron chi connectivity index (χ3n) is 5.74. The van der Waals surface area contributed by atoms with Crippen molar-refractivity contribution < 1.29 is 27.0 Å². The minimum absolute atomic E-state index is 0.0659. The zero-order chi connectivity index (χ0) is 23.5. The van der Waals surface area contributed by atoms with Crippen molar-refractivity contribution in [1.29, 1.82) is 0 Å². The summed E-state index contributed by atoms with van der Waals surface area (Å²) in [6.07, 6.45) is -1.13. The molecule has 2 unspecified atom stereocenters. The molecule has 0 fully saturated rings. The van der Waals surface area contributed by atoms with Gasteiger partial charge in [0.05, 0.1) is 6.61 Å². The van der Waals surface area contributed by atoms with Crippen LogP contribution in [0.15, 0.2) is 61.2 Å². The standard InChI is InChI=1S/C27H24F4O2/c1-3-5-6-16-7-9-17(10-8-16)15-33-21-14-12-19-18-11-13-20(32-4-2)24(28)22(18)26(30)27(31)23(19)25(21)29/h3,7-14,26-27H,1,4-6,15H2,2H3. The second kappa shape index (κ2) is 9.69. The molecule has 172 valence electrons. The number of allylic oxidation sites excluding steroid dienone is 1. The topological polar surface area (TPSA) is 18.5 Å². The molecule has 0 N–H and O–H groups in total. The molecule has 2 nitrogen and oxygen atoms in total. The molecular formula is C27H24F4O2. The Kier molecular flexibility index (Phi) is 6.72. The second-order valence-corrected chi connectivity index (χ2v) is 7.85. The fourth-order valence-electron chi connectivity index (χ4n) is 4.06. The zero-order valence-corrected chi connectivity index (χ0v) is 18.2. The Bertz CT molecular complexity index is 1160. The maximum Gasteiger partial charge on any atom is 0.171 e. The first kappa shape index (κ1) is 22.9. The number of fused-ring (bicyclic) bond motifs is 3. The molecule has 0 amide bonds. The van der Waals surface area contributed by atoms with Gasteiger partial charge in [-0.25, -0.2) is 17.6 Å². The third-order valence-corrected chi connectivity index (χ3v) is 5.74. The highest BCUT2D eigenvalue weighted by molar-refractivity contribution is 5.76. The van der Waals surface area contributed by atoms with E-state index in [9.17, 15) is 8.78 Å². The molecule has 33 heavy (non-hydrogen) atoms. The van der Waals surface area contributed by atoms with Gasteiger partial charge >= 0.3 is 0 Å². The Hall–Kier alpha value is -3.28. The average Bonchev–Trinajstić information content (AvgIpc) is 2.82. The molecule has 3 aromatic rings. The first-order valence-corrected chi connectivity index (χ1v) is 10.8. The van der Waals surface area contributed by atoms with E-state index in [0.717, 1.165) is 24.0 Å². The quantitative estimate of drug-likeness (QED) is 0.255. The SMILES string of the molecule is C=CCCc1ccc(COc2ccc3c(c2F)C(F)C(F)c2c-3ccc(OCC)c2F)cc1. The normalized spacial score (nSPS) is 16.6. The van der Waals surface area contributed by atoms with Crippen molar-refractivity contribution in [3.05, 3.63) is 95.1 Å². The molecule has 3 aromatic carbocycles. The van der Waals surface area contributed by atoms with Crippen molar-refractivity contribution in [2.75, 3.05) is 6.61 Å². The fraction of sp³-hybridized carbons (Fsp3) is 0.259. The van der Waals surface area contributed by atoms with Gasteiger partial charge in [0.25, 0.3) is 0 Å². The van der Waals surface area contributed by atoms with E-state index in [-0.39, 0.29) is 35.8 Å². The van der Waals surface area contributed by atoms with Crippen molar-refractivity contribution in [1.82, 2.24) is 0 Å². The van der Waals surface area contributed by atoms with Crippen molar-refractivity contribution in [2.45, 2.75) is 38.7 Å². The molecule has 0 saturated heterocycles. The van der Waals surface area contributed by atoms with Crippen molar-refractivity contribution in [3.8, 4) is 22.6 Å².